The van der Waals surface area contributed by atoms with Crippen molar-refractivity contribution in [1.82, 2.24) is 19.8 Å². The molecule has 102 valence electrons. The van der Waals surface area contributed by atoms with Gasteiger partial charge in [-0.15, -0.1) is 0 Å². The summed E-state index contributed by atoms with van der Waals surface area (Å²) in [5.74, 6) is 0. The lowest BCUT2D eigenvalue weighted by Crippen LogP contribution is -2.23. The first kappa shape index (κ1) is 13.1. The maximum absolute atomic E-state index is 12.8. The summed E-state index contributed by atoms with van der Waals surface area (Å²) in [4.78, 5) is 11.7. The van der Waals surface area contributed by atoms with Crippen LogP contribution in [0.4, 0.5) is 18.9 Å². The fraction of sp³-hybridized carbons (Fsp3) is 0.300. The third-order valence-electron chi connectivity index (χ3n) is 2.66. The first-order valence-electron chi connectivity index (χ1n) is 5.18. The predicted octanol–water partition coefficient (Wildman–Crippen LogP) is 0.875. The number of aryl methyl sites for hydroxylation is 1. The van der Waals surface area contributed by atoms with Gasteiger partial charge in [0.25, 0.3) is 0 Å². The second-order valence-electron chi connectivity index (χ2n) is 4.01. The SMILES string of the molecule is Cc1c(-n2nnn(C)c2=O)cc(N)cc1C(F)(F)F. The molecule has 1 heterocycles. The second-order valence-corrected chi connectivity index (χ2v) is 4.01. The van der Waals surface area contributed by atoms with Crippen LogP contribution in [-0.4, -0.2) is 19.8 Å². The Morgan fingerprint density at radius 1 is 1.26 bits per heavy atom. The van der Waals surface area contributed by atoms with Crippen LogP contribution in [0.5, 0.6) is 0 Å². The Bertz CT molecular complexity index is 685. The van der Waals surface area contributed by atoms with Crippen LogP contribution in [0.3, 0.4) is 0 Å². The normalized spacial score (nSPS) is 11.8. The van der Waals surface area contributed by atoms with Crippen molar-refractivity contribution in [3.05, 3.63) is 33.7 Å². The summed E-state index contributed by atoms with van der Waals surface area (Å²) in [5, 5.41) is 6.96. The molecule has 6 nitrogen and oxygen atoms in total. The Morgan fingerprint density at radius 2 is 1.89 bits per heavy atom. The van der Waals surface area contributed by atoms with Gasteiger partial charge in [-0.3, -0.25) is 0 Å². The van der Waals surface area contributed by atoms with Crippen LogP contribution < -0.4 is 11.4 Å². The van der Waals surface area contributed by atoms with E-state index in [1.165, 1.54) is 20.0 Å². The monoisotopic (exact) mass is 273 g/mol. The summed E-state index contributed by atoms with van der Waals surface area (Å²) in [7, 11) is 1.35. The van der Waals surface area contributed by atoms with Crippen LogP contribution in [0.25, 0.3) is 5.69 Å². The second kappa shape index (κ2) is 4.11. The molecule has 2 aromatic rings. The van der Waals surface area contributed by atoms with Crippen molar-refractivity contribution < 1.29 is 13.2 Å². The molecule has 0 amide bonds. The van der Waals surface area contributed by atoms with Gasteiger partial charge >= 0.3 is 11.9 Å². The standard InChI is InChI=1S/C10H10F3N5O/c1-5-7(10(11,12)13)3-6(14)4-8(5)18-9(19)17(2)15-16-18/h3-4H,14H2,1-2H3. The van der Waals surface area contributed by atoms with E-state index in [2.05, 4.69) is 10.4 Å². The molecule has 2 rings (SSSR count). The molecule has 0 aliphatic heterocycles. The Kier molecular flexibility index (Phi) is 2.84. The van der Waals surface area contributed by atoms with Gasteiger partial charge in [-0.2, -0.15) is 22.5 Å². The van der Waals surface area contributed by atoms with E-state index in [0.717, 1.165) is 15.4 Å². The number of aromatic nitrogens is 4. The van der Waals surface area contributed by atoms with Crippen molar-refractivity contribution in [2.75, 3.05) is 5.73 Å². The van der Waals surface area contributed by atoms with Gasteiger partial charge in [-0.05, 0) is 35.0 Å². The maximum Gasteiger partial charge on any atom is 0.416 e. The summed E-state index contributed by atoms with van der Waals surface area (Å²) in [6.07, 6.45) is -4.56. The fourth-order valence-corrected chi connectivity index (χ4v) is 1.70. The van der Waals surface area contributed by atoms with Crippen LogP contribution in [0.2, 0.25) is 0 Å². The van der Waals surface area contributed by atoms with Gasteiger partial charge < -0.3 is 5.73 Å². The highest BCUT2D eigenvalue weighted by atomic mass is 19.4. The molecule has 0 bridgehead atoms. The lowest BCUT2D eigenvalue weighted by Gasteiger charge is -2.14. The summed E-state index contributed by atoms with van der Waals surface area (Å²) < 4.78 is 40.2. The first-order valence-corrected chi connectivity index (χ1v) is 5.18. The number of hydrogen-bond donors (Lipinski definition) is 1. The molecule has 9 heteroatoms. The van der Waals surface area contributed by atoms with E-state index in [-0.39, 0.29) is 16.9 Å². The zero-order valence-corrected chi connectivity index (χ0v) is 10.1. The number of nitrogens with two attached hydrogens (primary N) is 1. The minimum absolute atomic E-state index is 0.0366. The average molecular weight is 273 g/mol. The van der Waals surface area contributed by atoms with Gasteiger partial charge in [0.05, 0.1) is 11.3 Å². The number of hydrogen-bond acceptors (Lipinski definition) is 4. The molecule has 19 heavy (non-hydrogen) atoms. The van der Waals surface area contributed by atoms with Crippen molar-refractivity contribution in [2.45, 2.75) is 13.1 Å². The van der Waals surface area contributed by atoms with E-state index in [1.54, 1.807) is 0 Å². The van der Waals surface area contributed by atoms with E-state index in [9.17, 15) is 18.0 Å². The van der Waals surface area contributed by atoms with Crippen molar-refractivity contribution in [3.63, 3.8) is 0 Å². The predicted molar refractivity (Wildman–Crippen MR) is 60.8 cm³/mol. The summed E-state index contributed by atoms with van der Waals surface area (Å²) in [6, 6.07) is 2.07. The number of halogens is 3. The molecule has 0 saturated heterocycles. The molecular formula is C10H10F3N5O. The summed E-state index contributed by atoms with van der Waals surface area (Å²) in [6.45, 7) is 1.25. The molecule has 0 radical (unpaired) electrons. The number of anilines is 1. The van der Waals surface area contributed by atoms with E-state index in [1.807, 2.05) is 0 Å². The number of alkyl halides is 3. The molecule has 0 spiro atoms. The van der Waals surface area contributed by atoms with Crippen molar-refractivity contribution in [3.8, 4) is 5.69 Å². The van der Waals surface area contributed by atoms with Gasteiger partial charge in [0.1, 0.15) is 0 Å². The molecule has 0 atom stereocenters. The molecule has 1 aromatic carbocycles. The largest absolute Gasteiger partial charge is 0.416 e. The van der Waals surface area contributed by atoms with E-state index in [4.69, 9.17) is 5.73 Å². The maximum atomic E-state index is 12.8. The average Bonchev–Trinajstić information content (AvgIpc) is 2.61. The quantitative estimate of drug-likeness (QED) is 0.782. The minimum Gasteiger partial charge on any atom is -0.399 e. The van der Waals surface area contributed by atoms with E-state index >= 15 is 0 Å². The number of nitrogen functional groups attached to an aromatic ring is 1. The van der Waals surface area contributed by atoms with Crippen LogP contribution in [0.15, 0.2) is 16.9 Å². The zero-order chi connectivity index (χ0) is 14.4. The Balaban J connectivity index is 2.76. The van der Waals surface area contributed by atoms with Crippen molar-refractivity contribution >= 4 is 5.69 Å². The van der Waals surface area contributed by atoms with Gasteiger partial charge in [0.15, 0.2) is 0 Å². The first-order chi connectivity index (χ1) is 8.71. The van der Waals surface area contributed by atoms with Crippen LogP contribution in [0.1, 0.15) is 11.1 Å². The molecular weight excluding hydrogens is 263 g/mol. The zero-order valence-electron chi connectivity index (χ0n) is 10.1. The molecule has 0 aliphatic carbocycles. The number of rotatable bonds is 1. The lowest BCUT2D eigenvalue weighted by atomic mass is 10.1. The highest BCUT2D eigenvalue weighted by Gasteiger charge is 2.34. The van der Waals surface area contributed by atoms with Crippen LogP contribution in [-0.2, 0) is 13.2 Å². The topological polar surface area (TPSA) is 78.7 Å². The third-order valence-corrected chi connectivity index (χ3v) is 2.66. The minimum atomic E-state index is -4.56. The third kappa shape index (κ3) is 2.18. The van der Waals surface area contributed by atoms with Gasteiger partial charge in [-0.25, -0.2) is 4.79 Å². The Hall–Kier alpha value is -2.32. The van der Waals surface area contributed by atoms with Crippen molar-refractivity contribution in [1.29, 1.82) is 0 Å². The molecule has 2 N–H and O–H groups in total. The fourth-order valence-electron chi connectivity index (χ4n) is 1.70. The molecule has 0 unspecified atom stereocenters. The lowest BCUT2D eigenvalue weighted by molar-refractivity contribution is -0.138. The Morgan fingerprint density at radius 3 is 2.37 bits per heavy atom. The van der Waals surface area contributed by atoms with E-state index in [0.29, 0.717) is 0 Å². The summed E-state index contributed by atoms with van der Waals surface area (Å²) in [5.41, 5.74) is 3.62. The number of nitrogens with zero attached hydrogens (tertiary/aromatic N) is 4. The molecule has 0 fully saturated rings. The summed E-state index contributed by atoms with van der Waals surface area (Å²) >= 11 is 0. The molecule has 0 aliphatic rings. The van der Waals surface area contributed by atoms with Crippen LogP contribution >= 0.6 is 0 Å². The Labute approximate surface area is 105 Å². The smallest absolute Gasteiger partial charge is 0.399 e. The molecule has 1 aromatic heterocycles. The highest BCUT2D eigenvalue weighted by molar-refractivity contribution is 5.56. The van der Waals surface area contributed by atoms with Gasteiger partial charge in [0, 0.05) is 12.7 Å². The van der Waals surface area contributed by atoms with Gasteiger partial charge in [-0.1, -0.05) is 0 Å². The number of tetrazole rings is 1. The van der Waals surface area contributed by atoms with Crippen molar-refractivity contribution in [2.24, 2.45) is 7.05 Å². The van der Waals surface area contributed by atoms with E-state index < -0.39 is 17.4 Å². The van der Waals surface area contributed by atoms with Crippen LogP contribution in [0, 0.1) is 6.92 Å². The highest BCUT2D eigenvalue weighted by Crippen LogP contribution is 2.35. The molecule has 0 saturated carbocycles. The van der Waals surface area contributed by atoms with Gasteiger partial charge in [0.2, 0.25) is 0 Å². The number of benzene rings is 1.